The number of benzene rings is 1. The zero-order valence-electron chi connectivity index (χ0n) is 7.29. The molecule has 0 aliphatic heterocycles. The fraction of sp³-hybridized carbons (Fsp3) is 0.333. The van der Waals surface area contributed by atoms with E-state index >= 15 is 0 Å². The first-order valence-electron chi connectivity index (χ1n) is 4.09. The Bertz CT molecular complexity index is 294. The fourth-order valence-electron chi connectivity index (χ4n) is 0.991. The van der Waals surface area contributed by atoms with Crippen LogP contribution in [0, 0.1) is 11.6 Å². The van der Waals surface area contributed by atoms with Crippen molar-refractivity contribution in [3.63, 3.8) is 0 Å². The lowest BCUT2D eigenvalue weighted by Gasteiger charge is -2.08. The molecule has 0 fully saturated rings. The molecule has 1 N–H and O–H groups in total. The third-order valence-electron chi connectivity index (χ3n) is 1.62. The number of hydrogen-bond acceptors (Lipinski definition) is 1. The maximum Gasteiger partial charge on any atom is 0.150 e. The van der Waals surface area contributed by atoms with Gasteiger partial charge in [-0.25, -0.2) is 8.78 Å². The standard InChI is InChI=1S/C9H9BrF3N/c10-7-4-6(12)5-8(13)9(7)14-3-1-2-11/h4-5,14H,1-3H2. The number of halogens is 4. The Hall–Kier alpha value is -0.710. The van der Waals surface area contributed by atoms with Gasteiger partial charge in [-0.1, -0.05) is 0 Å². The molecule has 0 bridgehead atoms. The van der Waals surface area contributed by atoms with Gasteiger partial charge >= 0.3 is 0 Å². The predicted octanol–water partition coefficient (Wildman–Crippen LogP) is 3.50. The minimum atomic E-state index is -0.685. The lowest BCUT2D eigenvalue weighted by Crippen LogP contribution is -2.05. The minimum absolute atomic E-state index is 0.167. The first kappa shape index (κ1) is 11.4. The van der Waals surface area contributed by atoms with Crippen LogP contribution in [0.1, 0.15) is 6.42 Å². The van der Waals surface area contributed by atoms with Crippen LogP contribution in [0.2, 0.25) is 0 Å². The Morgan fingerprint density at radius 2 is 2.00 bits per heavy atom. The zero-order chi connectivity index (χ0) is 10.6. The Morgan fingerprint density at radius 1 is 1.29 bits per heavy atom. The normalized spacial score (nSPS) is 10.3. The van der Waals surface area contributed by atoms with Crippen molar-refractivity contribution in [2.45, 2.75) is 6.42 Å². The Kier molecular flexibility index (Phi) is 4.25. The van der Waals surface area contributed by atoms with Gasteiger partial charge in [0.05, 0.1) is 12.4 Å². The van der Waals surface area contributed by atoms with Crippen LogP contribution in [0.4, 0.5) is 18.9 Å². The molecule has 1 nitrogen and oxygen atoms in total. The van der Waals surface area contributed by atoms with Crippen LogP contribution in [0.25, 0.3) is 0 Å². The molecule has 0 aromatic heterocycles. The second-order valence-corrected chi connectivity index (χ2v) is 3.57. The molecule has 1 rings (SSSR count). The van der Waals surface area contributed by atoms with Crippen molar-refractivity contribution in [1.82, 2.24) is 0 Å². The molecule has 0 unspecified atom stereocenters. The van der Waals surface area contributed by atoms with Gasteiger partial charge in [-0.05, 0) is 28.4 Å². The number of rotatable bonds is 4. The maximum absolute atomic E-state index is 13.1. The van der Waals surface area contributed by atoms with Crippen LogP contribution in [-0.2, 0) is 0 Å². The Labute approximate surface area is 88.4 Å². The molecular weight excluding hydrogens is 259 g/mol. The summed E-state index contributed by atoms with van der Waals surface area (Å²) in [6.45, 7) is -0.148. The first-order chi connectivity index (χ1) is 6.65. The molecule has 78 valence electrons. The lowest BCUT2D eigenvalue weighted by molar-refractivity contribution is 0.480. The Balaban J connectivity index is 2.75. The van der Waals surface area contributed by atoms with Gasteiger partial charge in [0, 0.05) is 17.1 Å². The van der Waals surface area contributed by atoms with Crippen LogP contribution in [0.15, 0.2) is 16.6 Å². The largest absolute Gasteiger partial charge is 0.382 e. The first-order valence-corrected chi connectivity index (χ1v) is 4.89. The summed E-state index contributed by atoms with van der Waals surface area (Å²) in [5.74, 6) is -1.33. The van der Waals surface area contributed by atoms with Gasteiger partial charge in [-0.3, -0.25) is 4.39 Å². The summed E-state index contributed by atoms with van der Waals surface area (Å²) in [5, 5.41) is 2.68. The highest BCUT2D eigenvalue weighted by molar-refractivity contribution is 9.10. The summed E-state index contributed by atoms with van der Waals surface area (Å²) in [7, 11) is 0. The lowest BCUT2D eigenvalue weighted by atomic mass is 10.3. The van der Waals surface area contributed by atoms with E-state index in [0.29, 0.717) is 17.4 Å². The monoisotopic (exact) mass is 267 g/mol. The van der Waals surface area contributed by atoms with E-state index in [1.807, 2.05) is 0 Å². The topological polar surface area (TPSA) is 12.0 Å². The van der Waals surface area contributed by atoms with Crippen LogP contribution in [0.3, 0.4) is 0 Å². The smallest absolute Gasteiger partial charge is 0.150 e. The summed E-state index contributed by atoms with van der Waals surface area (Å²) >= 11 is 3.01. The zero-order valence-corrected chi connectivity index (χ0v) is 8.87. The predicted molar refractivity (Wildman–Crippen MR) is 53.1 cm³/mol. The number of nitrogens with one attached hydrogen (secondary N) is 1. The van der Waals surface area contributed by atoms with E-state index in [4.69, 9.17) is 0 Å². The van der Waals surface area contributed by atoms with Crippen molar-refractivity contribution in [1.29, 1.82) is 0 Å². The van der Waals surface area contributed by atoms with Gasteiger partial charge in [-0.2, -0.15) is 0 Å². The van der Waals surface area contributed by atoms with Gasteiger partial charge in [0.25, 0.3) is 0 Å². The average molecular weight is 268 g/mol. The fourth-order valence-corrected chi connectivity index (χ4v) is 1.54. The number of alkyl halides is 1. The van der Waals surface area contributed by atoms with Crippen molar-refractivity contribution in [2.75, 3.05) is 18.5 Å². The summed E-state index contributed by atoms with van der Waals surface area (Å²) in [6.07, 6.45) is 0.295. The summed E-state index contributed by atoms with van der Waals surface area (Å²) in [6, 6.07) is 1.93. The third kappa shape index (κ3) is 2.90. The van der Waals surface area contributed by atoms with E-state index in [9.17, 15) is 13.2 Å². The van der Waals surface area contributed by atoms with Crippen LogP contribution < -0.4 is 5.32 Å². The van der Waals surface area contributed by atoms with Crippen LogP contribution in [0.5, 0.6) is 0 Å². The molecule has 1 aromatic rings. The van der Waals surface area contributed by atoms with Crippen molar-refractivity contribution >= 4 is 21.6 Å². The van der Waals surface area contributed by atoms with Gasteiger partial charge in [0.15, 0.2) is 0 Å². The van der Waals surface area contributed by atoms with Crippen molar-refractivity contribution in [3.8, 4) is 0 Å². The third-order valence-corrected chi connectivity index (χ3v) is 2.24. The quantitative estimate of drug-likeness (QED) is 0.824. The van der Waals surface area contributed by atoms with Gasteiger partial charge in [0.2, 0.25) is 0 Å². The number of anilines is 1. The second-order valence-electron chi connectivity index (χ2n) is 2.71. The van der Waals surface area contributed by atoms with E-state index in [1.54, 1.807) is 0 Å². The molecular formula is C9H9BrF3N. The highest BCUT2D eigenvalue weighted by Gasteiger charge is 2.08. The molecule has 0 aliphatic carbocycles. The molecule has 0 saturated heterocycles. The molecule has 0 spiro atoms. The summed E-state index contributed by atoms with van der Waals surface area (Å²) in [5.41, 5.74) is 0.167. The minimum Gasteiger partial charge on any atom is -0.382 e. The van der Waals surface area contributed by atoms with Crippen molar-refractivity contribution < 1.29 is 13.2 Å². The summed E-state index contributed by atoms with van der Waals surface area (Å²) < 4.78 is 37.8. The van der Waals surface area contributed by atoms with E-state index in [1.165, 1.54) is 0 Å². The van der Waals surface area contributed by atoms with Crippen molar-refractivity contribution in [2.24, 2.45) is 0 Å². The summed E-state index contributed by atoms with van der Waals surface area (Å²) in [4.78, 5) is 0. The molecule has 0 heterocycles. The van der Waals surface area contributed by atoms with Crippen LogP contribution in [-0.4, -0.2) is 13.2 Å². The molecule has 14 heavy (non-hydrogen) atoms. The second kappa shape index (κ2) is 5.24. The molecule has 0 atom stereocenters. The van der Waals surface area contributed by atoms with Crippen LogP contribution >= 0.6 is 15.9 Å². The van der Waals surface area contributed by atoms with Gasteiger partial charge < -0.3 is 5.32 Å². The Morgan fingerprint density at radius 3 is 2.57 bits per heavy atom. The molecule has 1 aromatic carbocycles. The van der Waals surface area contributed by atoms with Crippen molar-refractivity contribution in [3.05, 3.63) is 28.2 Å². The molecule has 0 aliphatic rings. The maximum atomic E-state index is 13.1. The molecule has 0 amide bonds. The molecule has 0 saturated carbocycles. The highest BCUT2D eigenvalue weighted by atomic mass is 79.9. The van der Waals surface area contributed by atoms with E-state index < -0.39 is 18.3 Å². The molecule has 5 heteroatoms. The highest BCUT2D eigenvalue weighted by Crippen LogP contribution is 2.26. The van der Waals surface area contributed by atoms with E-state index in [-0.39, 0.29) is 5.69 Å². The molecule has 0 radical (unpaired) electrons. The van der Waals surface area contributed by atoms with Gasteiger partial charge in [-0.15, -0.1) is 0 Å². The SMILES string of the molecule is FCCCNc1c(F)cc(F)cc1Br. The van der Waals surface area contributed by atoms with E-state index in [0.717, 1.165) is 12.1 Å². The average Bonchev–Trinajstić information content (AvgIpc) is 2.09. The number of hydrogen-bond donors (Lipinski definition) is 1. The van der Waals surface area contributed by atoms with E-state index in [2.05, 4.69) is 21.2 Å². The van der Waals surface area contributed by atoms with Gasteiger partial charge in [0.1, 0.15) is 11.6 Å².